The molecule has 0 bridgehead atoms. The fraction of sp³-hybridized carbons (Fsp3) is 0.933. The number of rotatable bonds is 2. The number of nitrogens with zero attached hydrogens (tertiary/aromatic N) is 1. The third-order valence-electron chi connectivity index (χ3n) is 5.30. The van der Waals surface area contributed by atoms with Gasteiger partial charge in [-0.3, -0.25) is 4.99 Å². The molecule has 0 aromatic rings. The molecule has 3 rings (SSSR count). The van der Waals surface area contributed by atoms with Gasteiger partial charge in [0.1, 0.15) is 0 Å². The number of hydrogen-bond acceptors (Lipinski definition) is 1. The lowest BCUT2D eigenvalue weighted by atomic mass is 9.79. The van der Waals surface area contributed by atoms with E-state index in [-0.39, 0.29) is 0 Å². The molecule has 18 heavy (non-hydrogen) atoms. The summed E-state index contributed by atoms with van der Waals surface area (Å²) in [7, 11) is 1.90. The first-order valence-electron chi connectivity index (χ1n) is 7.85. The first-order chi connectivity index (χ1) is 8.85. The summed E-state index contributed by atoms with van der Waals surface area (Å²) in [5.41, 5.74) is 0. The van der Waals surface area contributed by atoms with Crippen LogP contribution in [0.3, 0.4) is 0 Å². The molecule has 3 nitrogen and oxygen atoms in total. The Kier molecular flexibility index (Phi) is 3.76. The second-order valence-corrected chi connectivity index (χ2v) is 6.45. The molecule has 0 amide bonds. The van der Waals surface area contributed by atoms with Gasteiger partial charge in [-0.15, -0.1) is 0 Å². The van der Waals surface area contributed by atoms with Gasteiger partial charge >= 0.3 is 0 Å². The average molecular weight is 249 g/mol. The van der Waals surface area contributed by atoms with Crippen LogP contribution in [0.15, 0.2) is 4.99 Å². The first kappa shape index (κ1) is 12.3. The van der Waals surface area contributed by atoms with Gasteiger partial charge < -0.3 is 10.6 Å². The Bertz CT molecular complexity index is 309. The van der Waals surface area contributed by atoms with Crippen molar-refractivity contribution in [1.82, 2.24) is 10.6 Å². The zero-order chi connectivity index (χ0) is 12.4. The van der Waals surface area contributed by atoms with Gasteiger partial charge in [-0.2, -0.15) is 0 Å². The van der Waals surface area contributed by atoms with E-state index in [1.807, 2.05) is 7.05 Å². The van der Waals surface area contributed by atoms with Crippen LogP contribution in [0.4, 0.5) is 0 Å². The van der Waals surface area contributed by atoms with Crippen molar-refractivity contribution >= 4 is 5.96 Å². The fourth-order valence-electron chi connectivity index (χ4n) is 3.94. The van der Waals surface area contributed by atoms with Crippen LogP contribution in [0.1, 0.15) is 57.8 Å². The zero-order valence-corrected chi connectivity index (χ0v) is 11.6. The van der Waals surface area contributed by atoms with E-state index in [4.69, 9.17) is 0 Å². The smallest absolute Gasteiger partial charge is 0.191 e. The lowest BCUT2D eigenvalue weighted by Gasteiger charge is -2.35. The van der Waals surface area contributed by atoms with Crippen LogP contribution in [0.5, 0.6) is 0 Å². The normalized spacial score (nSPS) is 36.9. The predicted octanol–water partition coefficient (Wildman–Crippen LogP) is 2.67. The molecule has 3 unspecified atom stereocenters. The molecule has 3 saturated carbocycles. The topological polar surface area (TPSA) is 36.4 Å². The second kappa shape index (κ2) is 5.50. The van der Waals surface area contributed by atoms with E-state index >= 15 is 0 Å². The summed E-state index contributed by atoms with van der Waals surface area (Å²) < 4.78 is 0. The van der Waals surface area contributed by atoms with Crippen molar-refractivity contribution in [3.63, 3.8) is 0 Å². The Morgan fingerprint density at radius 3 is 2.28 bits per heavy atom. The van der Waals surface area contributed by atoms with Crippen molar-refractivity contribution in [2.45, 2.75) is 69.9 Å². The SMILES string of the molecule is CN=C(NC1CCC1)NC1CCC2CCCC2C1. The number of hydrogen-bond donors (Lipinski definition) is 2. The van der Waals surface area contributed by atoms with Gasteiger partial charge in [-0.05, 0) is 50.4 Å². The van der Waals surface area contributed by atoms with Gasteiger partial charge in [-0.25, -0.2) is 0 Å². The van der Waals surface area contributed by atoms with E-state index in [9.17, 15) is 0 Å². The maximum atomic E-state index is 4.38. The Morgan fingerprint density at radius 1 is 0.833 bits per heavy atom. The first-order valence-corrected chi connectivity index (χ1v) is 7.85. The molecule has 0 radical (unpaired) electrons. The van der Waals surface area contributed by atoms with E-state index in [1.165, 1.54) is 57.8 Å². The van der Waals surface area contributed by atoms with Crippen molar-refractivity contribution in [3.05, 3.63) is 0 Å². The standard InChI is InChI=1S/C15H27N3/c1-16-15(17-13-6-3-7-13)18-14-9-8-11-4-2-5-12(11)10-14/h11-14H,2-10H2,1H3,(H2,16,17,18). The molecular formula is C15H27N3. The highest BCUT2D eigenvalue weighted by Crippen LogP contribution is 2.42. The van der Waals surface area contributed by atoms with Crippen LogP contribution in [0.25, 0.3) is 0 Å². The minimum Gasteiger partial charge on any atom is -0.354 e. The highest BCUT2D eigenvalue weighted by Gasteiger charge is 2.34. The number of guanidine groups is 1. The molecule has 0 saturated heterocycles. The molecule has 0 heterocycles. The molecule has 0 spiro atoms. The van der Waals surface area contributed by atoms with Crippen molar-refractivity contribution in [3.8, 4) is 0 Å². The Hall–Kier alpha value is -0.730. The monoisotopic (exact) mass is 249 g/mol. The average Bonchev–Trinajstić information content (AvgIpc) is 2.79. The molecule has 102 valence electrons. The summed E-state index contributed by atoms with van der Waals surface area (Å²) in [4.78, 5) is 4.38. The second-order valence-electron chi connectivity index (χ2n) is 6.45. The van der Waals surface area contributed by atoms with Gasteiger partial charge in [0, 0.05) is 19.1 Å². The number of aliphatic imine (C=N–C) groups is 1. The Morgan fingerprint density at radius 2 is 1.56 bits per heavy atom. The highest BCUT2D eigenvalue weighted by molar-refractivity contribution is 5.80. The van der Waals surface area contributed by atoms with Crippen LogP contribution < -0.4 is 10.6 Å². The molecule has 0 aromatic carbocycles. The van der Waals surface area contributed by atoms with E-state index in [0.29, 0.717) is 12.1 Å². The number of nitrogens with one attached hydrogen (secondary N) is 2. The van der Waals surface area contributed by atoms with E-state index in [0.717, 1.165) is 17.8 Å². The van der Waals surface area contributed by atoms with Crippen LogP contribution in [-0.2, 0) is 0 Å². The zero-order valence-electron chi connectivity index (χ0n) is 11.6. The highest BCUT2D eigenvalue weighted by atomic mass is 15.2. The summed E-state index contributed by atoms with van der Waals surface area (Å²) in [6.07, 6.45) is 12.6. The molecule has 0 aromatic heterocycles. The molecule has 0 aliphatic heterocycles. The summed E-state index contributed by atoms with van der Waals surface area (Å²) in [5, 5.41) is 7.21. The fourth-order valence-corrected chi connectivity index (χ4v) is 3.94. The van der Waals surface area contributed by atoms with Crippen molar-refractivity contribution < 1.29 is 0 Å². The van der Waals surface area contributed by atoms with Crippen LogP contribution in [0, 0.1) is 11.8 Å². The largest absolute Gasteiger partial charge is 0.354 e. The Balaban J connectivity index is 1.48. The summed E-state index contributed by atoms with van der Waals surface area (Å²) in [5.74, 6) is 3.09. The van der Waals surface area contributed by atoms with Gasteiger partial charge in [-0.1, -0.05) is 19.3 Å². The van der Waals surface area contributed by atoms with Gasteiger partial charge in [0.15, 0.2) is 5.96 Å². The molecule has 3 aliphatic carbocycles. The van der Waals surface area contributed by atoms with Crippen LogP contribution in [-0.4, -0.2) is 25.1 Å². The summed E-state index contributed by atoms with van der Waals surface area (Å²) in [6, 6.07) is 1.34. The maximum absolute atomic E-state index is 4.38. The Labute approximate surface area is 111 Å². The van der Waals surface area contributed by atoms with Crippen molar-refractivity contribution in [2.75, 3.05) is 7.05 Å². The quantitative estimate of drug-likeness (QED) is 0.583. The van der Waals surface area contributed by atoms with Crippen molar-refractivity contribution in [1.29, 1.82) is 0 Å². The molecule has 3 aliphatic rings. The van der Waals surface area contributed by atoms with E-state index in [1.54, 1.807) is 0 Å². The molecule has 3 heteroatoms. The lowest BCUT2D eigenvalue weighted by molar-refractivity contribution is 0.238. The van der Waals surface area contributed by atoms with Crippen LogP contribution >= 0.6 is 0 Å². The molecule has 3 atom stereocenters. The number of fused-ring (bicyclic) bond motifs is 1. The summed E-state index contributed by atoms with van der Waals surface area (Å²) >= 11 is 0. The van der Waals surface area contributed by atoms with Gasteiger partial charge in [0.25, 0.3) is 0 Å². The van der Waals surface area contributed by atoms with Gasteiger partial charge in [0.05, 0.1) is 0 Å². The molecular weight excluding hydrogens is 222 g/mol. The van der Waals surface area contributed by atoms with Gasteiger partial charge in [0.2, 0.25) is 0 Å². The maximum Gasteiger partial charge on any atom is 0.191 e. The molecule has 2 N–H and O–H groups in total. The lowest BCUT2D eigenvalue weighted by Crippen LogP contribution is -2.50. The molecule has 3 fully saturated rings. The minimum absolute atomic E-state index is 0.663. The van der Waals surface area contributed by atoms with Crippen molar-refractivity contribution in [2.24, 2.45) is 16.8 Å². The third kappa shape index (κ3) is 2.65. The van der Waals surface area contributed by atoms with E-state index in [2.05, 4.69) is 15.6 Å². The predicted molar refractivity (Wildman–Crippen MR) is 75.7 cm³/mol. The van der Waals surface area contributed by atoms with Crippen LogP contribution in [0.2, 0.25) is 0 Å². The summed E-state index contributed by atoms with van der Waals surface area (Å²) in [6.45, 7) is 0. The third-order valence-corrected chi connectivity index (χ3v) is 5.30. The minimum atomic E-state index is 0.663. The van der Waals surface area contributed by atoms with E-state index < -0.39 is 0 Å².